The van der Waals surface area contributed by atoms with Gasteiger partial charge < -0.3 is 19.7 Å². The lowest BCUT2D eigenvalue weighted by molar-refractivity contribution is -0.156. The fourth-order valence-corrected chi connectivity index (χ4v) is 4.23. The largest absolute Gasteiger partial charge is 0.497 e. The number of amides is 2. The molecule has 33 heavy (non-hydrogen) atoms. The van der Waals surface area contributed by atoms with Crippen LogP contribution in [0.3, 0.4) is 0 Å². The molecule has 1 unspecified atom stereocenters. The Labute approximate surface area is 193 Å². The predicted molar refractivity (Wildman–Crippen MR) is 125 cm³/mol. The van der Waals surface area contributed by atoms with Crippen LogP contribution in [0.2, 0.25) is 0 Å². The number of morpholine rings is 1. The molecule has 0 saturated carbocycles. The smallest absolute Gasteiger partial charge is 0.254 e. The average Bonchev–Trinajstić information content (AvgIpc) is 2.88. The second kappa shape index (κ2) is 9.83. The Morgan fingerprint density at radius 3 is 2.76 bits per heavy atom. The van der Waals surface area contributed by atoms with Gasteiger partial charge in [-0.1, -0.05) is 36.4 Å². The Hall–Kier alpha value is -3.71. The molecule has 1 saturated heterocycles. The highest BCUT2D eigenvalue weighted by Crippen LogP contribution is 2.30. The van der Waals surface area contributed by atoms with Crippen LogP contribution in [0, 0.1) is 0 Å². The molecule has 2 aromatic carbocycles. The van der Waals surface area contributed by atoms with Crippen molar-refractivity contribution in [1.82, 2.24) is 15.2 Å². The van der Waals surface area contributed by atoms with Crippen LogP contribution in [0.25, 0.3) is 11.1 Å². The molecule has 1 fully saturated rings. The van der Waals surface area contributed by atoms with Gasteiger partial charge in [-0.3, -0.25) is 14.6 Å². The van der Waals surface area contributed by atoms with E-state index in [2.05, 4.69) is 10.3 Å². The first kappa shape index (κ1) is 22.5. The molecule has 0 spiro atoms. The van der Waals surface area contributed by atoms with Crippen molar-refractivity contribution >= 4 is 11.8 Å². The van der Waals surface area contributed by atoms with Crippen molar-refractivity contribution in [3.8, 4) is 16.9 Å². The van der Waals surface area contributed by atoms with E-state index in [1.54, 1.807) is 55.7 Å². The molecule has 1 aromatic heterocycles. The van der Waals surface area contributed by atoms with Gasteiger partial charge >= 0.3 is 0 Å². The molecule has 170 valence electrons. The number of nitrogens with one attached hydrogen (secondary N) is 1. The van der Waals surface area contributed by atoms with E-state index in [0.717, 1.165) is 16.7 Å². The van der Waals surface area contributed by atoms with Gasteiger partial charge in [-0.05, 0) is 35.4 Å². The molecule has 0 aliphatic carbocycles. The number of rotatable bonds is 6. The molecule has 1 aliphatic rings. The molecule has 2 heterocycles. The molecule has 4 rings (SSSR count). The molecule has 2 amide bonds. The van der Waals surface area contributed by atoms with Crippen molar-refractivity contribution in [3.05, 3.63) is 84.2 Å². The summed E-state index contributed by atoms with van der Waals surface area (Å²) in [5.74, 6) is 0.190. The third-order valence-electron chi connectivity index (χ3n) is 5.90. The van der Waals surface area contributed by atoms with Crippen LogP contribution >= 0.6 is 0 Å². The zero-order valence-corrected chi connectivity index (χ0v) is 18.8. The van der Waals surface area contributed by atoms with E-state index in [0.29, 0.717) is 24.3 Å². The number of hydrogen-bond acceptors (Lipinski definition) is 5. The first-order chi connectivity index (χ1) is 16.1. The number of methoxy groups -OCH3 is 1. The maximum Gasteiger partial charge on any atom is 0.254 e. The van der Waals surface area contributed by atoms with Crippen molar-refractivity contribution in [1.29, 1.82) is 0 Å². The number of pyridine rings is 1. The lowest BCUT2D eigenvalue weighted by atomic mass is 9.87. The van der Waals surface area contributed by atoms with Crippen LogP contribution in [0.5, 0.6) is 5.75 Å². The summed E-state index contributed by atoms with van der Waals surface area (Å²) in [5.41, 5.74) is 2.19. The van der Waals surface area contributed by atoms with E-state index in [1.165, 1.54) is 0 Å². The van der Waals surface area contributed by atoms with Crippen LogP contribution < -0.4 is 10.1 Å². The van der Waals surface area contributed by atoms with Gasteiger partial charge in [0.2, 0.25) is 0 Å². The summed E-state index contributed by atoms with van der Waals surface area (Å²) in [6, 6.07) is 18.8. The maximum atomic E-state index is 13.3. The number of carbonyl (C=O) groups is 2. The number of carbonyl (C=O) groups excluding carboxylic acids is 2. The Bertz CT molecular complexity index is 1140. The molecule has 7 nitrogen and oxygen atoms in total. The van der Waals surface area contributed by atoms with Crippen LogP contribution in [-0.4, -0.2) is 61.2 Å². The molecule has 0 bridgehead atoms. The highest BCUT2D eigenvalue weighted by Gasteiger charge is 2.45. The third kappa shape index (κ3) is 4.73. The summed E-state index contributed by atoms with van der Waals surface area (Å²) in [6.45, 7) is 0.807. The Kier molecular flexibility index (Phi) is 6.70. The minimum absolute atomic E-state index is 0.143. The molecular formula is C26H27N3O4. The summed E-state index contributed by atoms with van der Waals surface area (Å²) in [4.78, 5) is 32.3. The number of benzene rings is 2. The van der Waals surface area contributed by atoms with Crippen LogP contribution in [-0.2, 0) is 16.0 Å². The fourth-order valence-electron chi connectivity index (χ4n) is 4.23. The second-order valence-electron chi connectivity index (χ2n) is 7.96. The van der Waals surface area contributed by atoms with Gasteiger partial charge in [0.15, 0.2) is 5.60 Å². The van der Waals surface area contributed by atoms with Gasteiger partial charge in [-0.2, -0.15) is 0 Å². The second-order valence-corrected chi connectivity index (χ2v) is 7.96. The minimum atomic E-state index is -1.21. The van der Waals surface area contributed by atoms with Gasteiger partial charge in [0.05, 0.1) is 20.3 Å². The summed E-state index contributed by atoms with van der Waals surface area (Å²) < 4.78 is 11.4. The lowest BCUT2D eigenvalue weighted by Crippen LogP contribution is -2.61. The van der Waals surface area contributed by atoms with Crippen LogP contribution in [0.1, 0.15) is 15.9 Å². The lowest BCUT2D eigenvalue weighted by Gasteiger charge is -2.41. The van der Waals surface area contributed by atoms with Crippen molar-refractivity contribution in [3.63, 3.8) is 0 Å². The summed E-state index contributed by atoms with van der Waals surface area (Å²) in [7, 11) is 3.15. The van der Waals surface area contributed by atoms with E-state index in [1.807, 2.05) is 36.4 Å². The Morgan fingerprint density at radius 1 is 1.15 bits per heavy atom. The predicted octanol–water partition coefficient (Wildman–Crippen LogP) is 2.96. The topological polar surface area (TPSA) is 80.8 Å². The van der Waals surface area contributed by atoms with Crippen molar-refractivity contribution < 1.29 is 19.1 Å². The highest BCUT2D eigenvalue weighted by molar-refractivity contribution is 5.96. The maximum absolute atomic E-state index is 13.3. The molecular weight excluding hydrogens is 418 g/mol. The molecule has 7 heteroatoms. The van der Waals surface area contributed by atoms with E-state index < -0.39 is 5.60 Å². The zero-order chi connectivity index (χ0) is 23.3. The molecule has 1 atom stereocenters. The molecule has 1 N–H and O–H groups in total. The number of nitrogens with zero attached hydrogens (tertiary/aromatic N) is 2. The molecule has 3 aromatic rings. The number of hydrogen-bond donors (Lipinski definition) is 1. The first-order valence-corrected chi connectivity index (χ1v) is 10.8. The quantitative estimate of drug-likeness (QED) is 0.631. The van der Waals surface area contributed by atoms with Crippen LogP contribution in [0.4, 0.5) is 0 Å². The molecule has 0 radical (unpaired) electrons. The standard InChI is InChI=1S/C26H27N3O4/c1-27-25(31)26(16-20-7-3-4-11-23(20)21-9-6-12-28-17-21)18-29(13-14-33-26)24(30)19-8-5-10-22(15-19)32-2/h3-12,15,17H,13-14,16,18H2,1-2H3,(H,27,31). The summed E-state index contributed by atoms with van der Waals surface area (Å²) in [5, 5.41) is 2.74. The van der Waals surface area contributed by atoms with E-state index in [9.17, 15) is 9.59 Å². The van der Waals surface area contributed by atoms with E-state index in [4.69, 9.17) is 9.47 Å². The van der Waals surface area contributed by atoms with Gasteiger partial charge in [0.25, 0.3) is 11.8 Å². The zero-order valence-electron chi connectivity index (χ0n) is 18.8. The van der Waals surface area contributed by atoms with Gasteiger partial charge in [-0.25, -0.2) is 0 Å². The van der Waals surface area contributed by atoms with Crippen molar-refractivity contribution in [2.75, 3.05) is 33.9 Å². The summed E-state index contributed by atoms with van der Waals surface area (Å²) in [6.07, 6.45) is 3.84. The van der Waals surface area contributed by atoms with Gasteiger partial charge in [-0.15, -0.1) is 0 Å². The average molecular weight is 446 g/mol. The van der Waals surface area contributed by atoms with Crippen LogP contribution in [0.15, 0.2) is 73.1 Å². The minimum Gasteiger partial charge on any atom is -0.497 e. The summed E-state index contributed by atoms with van der Waals surface area (Å²) >= 11 is 0. The molecule has 1 aliphatic heterocycles. The third-order valence-corrected chi connectivity index (χ3v) is 5.90. The van der Waals surface area contributed by atoms with Gasteiger partial charge in [0, 0.05) is 43.5 Å². The fraction of sp³-hybridized carbons (Fsp3) is 0.269. The van der Waals surface area contributed by atoms with E-state index in [-0.39, 0.29) is 25.0 Å². The Morgan fingerprint density at radius 2 is 2.00 bits per heavy atom. The number of likely N-dealkylation sites (N-methyl/N-ethyl adjacent to an activating group) is 1. The monoisotopic (exact) mass is 445 g/mol. The number of aromatic nitrogens is 1. The first-order valence-electron chi connectivity index (χ1n) is 10.8. The van der Waals surface area contributed by atoms with E-state index >= 15 is 0 Å². The number of ether oxygens (including phenoxy) is 2. The van der Waals surface area contributed by atoms with Crippen molar-refractivity contribution in [2.45, 2.75) is 12.0 Å². The van der Waals surface area contributed by atoms with Gasteiger partial charge in [0.1, 0.15) is 5.75 Å². The SMILES string of the molecule is CNC(=O)C1(Cc2ccccc2-c2cccnc2)CN(C(=O)c2cccc(OC)c2)CCO1. The highest BCUT2D eigenvalue weighted by atomic mass is 16.5. The van der Waals surface area contributed by atoms with Crippen molar-refractivity contribution in [2.24, 2.45) is 0 Å². The normalized spacial score (nSPS) is 17.9. The Balaban J connectivity index is 1.66.